The molecule has 4 rings (SSSR count). The summed E-state index contributed by atoms with van der Waals surface area (Å²) in [6.07, 6.45) is 1.20. The Labute approximate surface area is 193 Å². The van der Waals surface area contributed by atoms with E-state index in [-0.39, 0.29) is 28.7 Å². The summed E-state index contributed by atoms with van der Waals surface area (Å²) in [5.41, 5.74) is 2.81. The van der Waals surface area contributed by atoms with Crippen molar-refractivity contribution in [2.24, 2.45) is 22.7 Å². The number of hydrogen-bond donors (Lipinski definition) is 0. The van der Waals surface area contributed by atoms with Crippen molar-refractivity contribution in [1.29, 1.82) is 0 Å². The van der Waals surface area contributed by atoms with E-state index in [9.17, 15) is 9.59 Å². The van der Waals surface area contributed by atoms with Crippen molar-refractivity contribution in [3.8, 4) is 0 Å². The lowest BCUT2D eigenvalue weighted by molar-refractivity contribution is -0.185. The molecule has 3 aliphatic rings. The summed E-state index contributed by atoms with van der Waals surface area (Å²) in [5, 5.41) is 0. The van der Waals surface area contributed by atoms with Crippen molar-refractivity contribution in [2.45, 2.75) is 98.5 Å². The minimum absolute atomic E-state index is 0.0380. The zero-order valence-electron chi connectivity index (χ0n) is 21.6. The molecule has 2 fully saturated rings. The largest absolute Gasteiger partial charge is 0.462 e. The third-order valence-corrected chi connectivity index (χ3v) is 10.5. The maximum atomic E-state index is 13.5. The van der Waals surface area contributed by atoms with E-state index in [1.807, 2.05) is 20.8 Å². The van der Waals surface area contributed by atoms with Gasteiger partial charge in [0, 0.05) is 11.3 Å². The van der Waals surface area contributed by atoms with Crippen LogP contribution in [0.4, 0.5) is 0 Å². The normalized spacial score (nSPS) is 35.9. The molecule has 1 aliphatic heterocycles. The second kappa shape index (κ2) is 6.61. The van der Waals surface area contributed by atoms with Gasteiger partial charge in [-0.3, -0.25) is 4.79 Å². The monoisotopic (exact) mass is 440 g/mol. The average molecular weight is 441 g/mol. The number of benzene rings is 1. The zero-order valence-corrected chi connectivity index (χ0v) is 21.6. The standard InChI is InChI=1S/C28H40O4/c1-16-13-19-20(14-17(16)2)25(6,7)21(18(3)24(19,4)5)15-31-23(30)28-12-11-27(10,22(29)32-28)26(28,8)9/h13-14,18,21H,11-12,15H2,1-10H3/t18-,21-,27+,28-/m1/s1. The first kappa shape index (κ1) is 23.3. The number of esters is 2. The van der Waals surface area contributed by atoms with Crippen molar-refractivity contribution in [2.75, 3.05) is 6.61 Å². The molecular weight excluding hydrogens is 400 g/mol. The lowest BCUT2D eigenvalue weighted by Gasteiger charge is -2.52. The van der Waals surface area contributed by atoms with Crippen molar-refractivity contribution < 1.29 is 19.1 Å². The molecule has 2 aliphatic carbocycles. The summed E-state index contributed by atoms with van der Waals surface area (Å²) in [6, 6.07) is 4.68. The molecule has 1 saturated carbocycles. The quantitative estimate of drug-likeness (QED) is 0.558. The van der Waals surface area contributed by atoms with E-state index in [1.54, 1.807) is 0 Å². The van der Waals surface area contributed by atoms with Gasteiger partial charge in [0.25, 0.3) is 0 Å². The maximum absolute atomic E-state index is 13.5. The number of rotatable bonds is 3. The third-order valence-electron chi connectivity index (χ3n) is 10.5. The molecule has 1 aromatic rings. The molecule has 32 heavy (non-hydrogen) atoms. The van der Waals surface area contributed by atoms with Crippen LogP contribution in [0.25, 0.3) is 0 Å². The van der Waals surface area contributed by atoms with E-state index >= 15 is 0 Å². The van der Waals surface area contributed by atoms with Gasteiger partial charge in [-0.1, -0.05) is 60.6 Å². The Bertz CT molecular complexity index is 1000. The predicted molar refractivity (Wildman–Crippen MR) is 126 cm³/mol. The van der Waals surface area contributed by atoms with Crippen molar-refractivity contribution >= 4 is 11.9 Å². The van der Waals surface area contributed by atoms with Gasteiger partial charge in [-0.05, 0) is 72.6 Å². The van der Waals surface area contributed by atoms with Crippen LogP contribution in [0.2, 0.25) is 0 Å². The molecule has 4 heteroatoms. The Morgan fingerprint density at radius 3 is 1.97 bits per heavy atom. The second-order valence-electron chi connectivity index (χ2n) is 12.6. The first-order valence-corrected chi connectivity index (χ1v) is 12.1. The van der Waals surface area contributed by atoms with Gasteiger partial charge >= 0.3 is 11.9 Å². The molecule has 0 amide bonds. The molecule has 1 aromatic carbocycles. The molecule has 0 spiro atoms. The lowest BCUT2D eigenvalue weighted by Crippen LogP contribution is -2.52. The third kappa shape index (κ3) is 2.61. The van der Waals surface area contributed by atoms with Crippen molar-refractivity contribution in [1.82, 2.24) is 0 Å². The van der Waals surface area contributed by atoms with Gasteiger partial charge in [0.2, 0.25) is 5.60 Å². The Morgan fingerprint density at radius 2 is 1.50 bits per heavy atom. The number of hydrogen-bond acceptors (Lipinski definition) is 4. The van der Waals surface area contributed by atoms with Crippen LogP contribution in [0.5, 0.6) is 0 Å². The number of fused-ring (bicyclic) bond motifs is 3. The first-order valence-electron chi connectivity index (χ1n) is 12.1. The molecule has 0 radical (unpaired) electrons. The minimum atomic E-state index is -1.16. The summed E-state index contributed by atoms with van der Waals surface area (Å²) < 4.78 is 11.8. The van der Waals surface area contributed by atoms with Gasteiger partial charge in [0.15, 0.2) is 0 Å². The van der Waals surface area contributed by atoms with Crippen LogP contribution in [0.1, 0.15) is 90.5 Å². The summed E-state index contributed by atoms with van der Waals surface area (Å²) in [6.45, 7) is 22.0. The minimum Gasteiger partial charge on any atom is -0.462 e. The van der Waals surface area contributed by atoms with Gasteiger partial charge < -0.3 is 9.47 Å². The lowest BCUT2D eigenvalue weighted by atomic mass is 9.52. The van der Waals surface area contributed by atoms with Crippen LogP contribution in [0.3, 0.4) is 0 Å². The number of ether oxygens (including phenoxy) is 2. The van der Waals surface area contributed by atoms with E-state index in [0.29, 0.717) is 25.4 Å². The highest BCUT2D eigenvalue weighted by atomic mass is 16.6. The Hall–Kier alpha value is -1.84. The summed E-state index contributed by atoms with van der Waals surface area (Å²) in [4.78, 5) is 26.1. The zero-order chi connectivity index (χ0) is 24.1. The predicted octanol–water partition coefficient (Wildman–Crippen LogP) is 5.79. The summed E-state index contributed by atoms with van der Waals surface area (Å²) >= 11 is 0. The number of aryl methyl sites for hydroxylation is 2. The van der Waals surface area contributed by atoms with Crippen molar-refractivity contribution in [3.05, 3.63) is 34.4 Å². The van der Waals surface area contributed by atoms with E-state index in [0.717, 1.165) is 0 Å². The summed E-state index contributed by atoms with van der Waals surface area (Å²) in [5.74, 6) is -0.174. The van der Waals surface area contributed by atoms with Gasteiger partial charge in [0.05, 0.1) is 12.0 Å². The van der Waals surface area contributed by atoms with Gasteiger partial charge in [-0.2, -0.15) is 0 Å². The van der Waals surface area contributed by atoms with E-state index in [1.165, 1.54) is 22.3 Å². The molecule has 1 heterocycles. The molecular formula is C28H40O4. The number of carbonyl (C=O) groups is 2. The Balaban J connectivity index is 1.65. The van der Waals surface area contributed by atoms with Gasteiger partial charge in [0.1, 0.15) is 0 Å². The fraction of sp³-hybridized carbons (Fsp3) is 0.714. The summed E-state index contributed by atoms with van der Waals surface area (Å²) in [7, 11) is 0. The van der Waals surface area contributed by atoms with Gasteiger partial charge in [-0.25, -0.2) is 4.79 Å². The Kier molecular flexibility index (Phi) is 4.82. The van der Waals surface area contributed by atoms with Gasteiger partial charge in [-0.15, -0.1) is 0 Å². The van der Waals surface area contributed by atoms with Crippen LogP contribution >= 0.6 is 0 Å². The van der Waals surface area contributed by atoms with Crippen LogP contribution in [0, 0.1) is 36.5 Å². The molecule has 176 valence electrons. The molecule has 1 saturated heterocycles. The van der Waals surface area contributed by atoms with Crippen molar-refractivity contribution in [3.63, 3.8) is 0 Å². The Morgan fingerprint density at radius 1 is 0.969 bits per heavy atom. The first-order chi connectivity index (χ1) is 14.5. The SMILES string of the molecule is Cc1cc2c(cc1C)C(C)(C)[C@H](COC(=O)[C@@]13CC[C@@](C)(C(=O)O1)C3(C)C)[C@@H](C)C2(C)C. The maximum Gasteiger partial charge on any atom is 0.351 e. The molecule has 2 bridgehead atoms. The molecule has 4 atom stereocenters. The highest BCUT2D eigenvalue weighted by molar-refractivity contribution is 5.93. The number of carbonyl (C=O) groups excluding carboxylic acids is 2. The second-order valence-corrected chi connectivity index (χ2v) is 12.6. The topological polar surface area (TPSA) is 52.6 Å². The van der Waals surface area contributed by atoms with E-state index < -0.39 is 16.4 Å². The highest BCUT2D eigenvalue weighted by Crippen LogP contribution is 2.66. The molecule has 0 unspecified atom stereocenters. The van der Waals surface area contributed by atoms with Crippen LogP contribution in [-0.4, -0.2) is 24.1 Å². The molecule has 0 N–H and O–H groups in total. The smallest absolute Gasteiger partial charge is 0.351 e. The fourth-order valence-electron chi connectivity index (χ4n) is 6.79. The average Bonchev–Trinajstić information content (AvgIpc) is 2.98. The fourth-order valence-corrected chi connectivity index (χ4v) is 6.79. The van der Waals surface area contributed by atoms with E-state index in [4.69, 9.17) is 9.47 Å². The van der Waals surface area contributed by atoms with Crippen LogP contribution in [0.15, 0.2) is 12.1 Å². The van der Waals surface area contributed by atoms with E-state index in [2.05, 4.69) is 60.6 Å². The van der Waals surface area contributed by atoms with Crippen LogP contribution < -0.4 is 0 Å². The highest BCUT2D eigenvalue weighted by Gasteiger charge is 2.76. The molecule has 4 nitrogen and oxygen atoms in total. The molecule has 0 aromatic heterocycles. The van der Waals surface area contributed by atoms with Crippen LogP contribution in [-0.2, 0) is 29.9 Å².